The first-order chi connectivity index (χ1) is 15.2. The fourth-order valence-corrected chi connectivity index (χ4v) is 4.76. The monoisotopic (exact) mass is 407 g/mol. The molecule has 154 valence electrons. The number of hydrogen-bond donors (Lipinski definition) is 0. The normalized spacial score (nSPS) is 20.1. The van der Waals surface area contributed by atoms with Crippen LogP contribution in [-0.2, 0) is 12.5 Å². The fourth-order valence-electron chi connectivity index (χ4n) is 4.76. The van der Waals surface area contributed by atoms with Gasteiger partial charge in [-0.05, 0) is 30.4 Å². The molecule has 1 fully saturated rings. The average Bonchev–Trinajstić information content (AvgIpc) is 3.22. The minimum atomic E-state index is -0.150. The van der Waals surface area contributed by atoms with E-state index in [9.17, 15) is 0 Å². The molecule has 2 heterocycles. The second-order valence-corrected chi connectivity index (χ2v) is 8.49. The molecule has 0 aliphatic heterocycles. The quantitative estimate of drug-likeness (QED) is 0.433. The van der Waals surface area contributed by atoms with E-state index < -0.39 is 0 Å². The first-order valence-electron chi connectivity index (χ1n) is 10.7. The van der Waals surface area contributed by atoms with Crippen molar-refractivity contribution in [2.75, 3.05) is 0 Å². The number of aryl methyl sites for hydroxylation is 1. The van der Waals surface area contributed by atoms with Crippen LogP contribution < -0.4 is 0 Å². The molecule has 0 N–H and O–H groups in total. The van der Waals surface area contributed by atoms with Crippen LogP contribution in [0, 0.1) is 5.92 Å². The molecule has 5 rings (SSSR count). The van der Waals surface area contributed by atoms with Gasteiger partial charge in [0.05, 0.1) is 23.0 Å². The lowest BCUT2D eigenvalue weighted by molar-refractivity contribution is 0.185. The van der Waals surface area contributed by atoms with Crippen LogP contribution in [0.3, 0.4) is 0 Å². The molecule has 2 aromatic heterocycles. The van der Waals surface area contributed by atoms with Gasteiger partial charge in [-0.1, -0.05) is 67.6 Å². The van der Waals surface area contributed by atoms with Gasteiger partial charge < -0.3 is 4.57 Å². The van der Waals surface area contributed by atoms with E-state index in [1.807, 2.05) is 60.4 Å². The van der Waals surface area contributed by atoms with Crippen molar-refractivity contribution in [2.45, 2.75) is 25.2 Å². The van der Waals surface area contributed by atoms with Crippen LogP contribution in [0.4, 0.5) is 5.69 Å². The SMILES string of the molecule is CC1CC(c2cncc(N=C(c3ccccc3)c3ccccc3)c2)(c2nncn2C)C1. The molecule has 5 nitrogen and oxygen atoms in total. The molecule has 1 aliphatic carbocycles. The van der Waals surface area contributed by atoms with Gasteiger partial charge in [0.25, 0.3) is 0 Å². The summed E-state index contributed by atoms with van der Waals surface area (Å²) in [4.78, 5) is 9.64. The number of rotatable bonds is 5. The molecule has 0 amide bonds. The molecule has 4 aromatic rings. The minimum Gasteiger partial charge on any atom is -0.320 e. The Morgan fingerprint density at radius 3 is 2.16 bits per heavy atom. The van der Waals surface area contributed by atoms with Crippen molar-refractivity contribution < 1.29 is 0 Å². The van der Waals surface area contributed by atoms with E-state index in [0.29, 0.717) is 5.92 Å². The fraction of sp³-hybridized carbons (Fsp3) is 0.231. The summed E-state index contributed by atoms with van der Waals surface area (Å²) in [6.45, 7) is 2.28. The van der Waals surface area contributed by atoms with Gasteiger partial charge in [-0.15, -0.1) is 10.2 Å². The smallest absolute Gasteiger partial charge is 0.143 e. The molecule has 0 atom stereocenters. The number of benzene rings is 2. The number of aromatic nitrogens is 4. The lowest BCUT2D eigenvalue weighted by atomic mass is 9.59. The first-order valence-corrected chi connectivity index (χ1v) is 10.7. The molecule has 1 saturated carbocycles. The van der Waals surface area contributed by atoms with E-state index in [2.05, 4.69) is 52.4 Å². The maximum atomic E-state index is 5.07. The summed E-state index contributed by atoms with van der Waals surface area (Å²) < 4.78 is 2.03. The maximum absolute atomic E-state index is 5.07. The predicted molar refractivity (Wildman–Crippen MR) is 123 cm³/mol. The van der Waals surface area contributed by atoms with Gasteiger partial charge in [0, 0.05) is 24.4 Å². The summed E-state index contributed by atoms with van der Waals surface area (Å²) in [6.07, 6.45) is 7.65. The highest BCUT2D eigenvalue weighted by Gasteiger charge is 2.48. The largest absolute Gasteiger partial charge is 0.320 e. The van der Waals surface area contributed by atoms with Crippen LogP contribution in [0.5, 0.6) is 0 Å². The van der Waals surface area contributed by atoms with E-state index >= 15 is 0 Å². The maximum Gasteiger partial charge on any atom is 0.143 e. The summed E-state index contributed by atoms with van der Waals surface area (Å²) in [5.41, 5.74) is 4.96. The first kappa shape index (κ1) is 19.4. The van der Waals surface area contributed by atoms with Crippen molar-refractivity contribution in [2.24, 2.45) is 18.0 Å². The third kappa shape index (κ3) is 3.56. The Labute approximate surface area is 182 Å². The average molecular weight is 408 g/mol. The second-order valence-electron chi connectivity index (χ2n) is 8.49. The number of pyridine rings is 1. The highest BCUT2D eigenvalue weighted by molar-refractivity contribution is 6.13. The Balaban J connectivity index is 1.61. The summed E-state index contributed by atoms with van der Waals surface area (Å²) in [5, 5.41) is 8.59. The van der Waals surface area contributed by atoms with E-state index in [1.165, 1.54) is 0 Å². The predicted octanol–water partition coefficient (Wildman–Crippen LogP) is 5.10. The molecule has 0 unspecified atom stereocenters. The van der Waals surface area contributed by atoms with Crippen LogP contribution in [0.1, 0.15) is 42.3 Å². The number of aliphatic imine (C=N–C) groups is 1. The summed E-state index contributed by atoms with van der Waals surface area (Å²) >= 11 is 0. The molecule has 5 heteroatoms. The molecule has 0 bridgehead atoms. The molecule has 0 radical (unpaired) electrons. The highest BCUT2D eigenvalue weighted by Crippen LogP contribution is 2.51. The van der Waals surface area contributed by atoms with E-state index in [-0.39, 0.29) is 5.41 Å². The minimum absolute atomic E-state index is 0.150. The summed E-state index contributed by atoms with van der Waals surface area (Å²) in [5.74, 6) is 1.65. The summed E-state index contributed by atoms with van der Waals surface area (Å²) in [6, 6.07) is 22.8. The zero-order chi connectivity index (χ0) is 21.3. The van der Waals surface area contributed by atoms with Crippen molar-refractivity contribution >= 4 is 11.4 Å². The van der Waals surface area contributed by atoms with Crippen molar-refractivity contribution in [3.8, 4) is 0 Å². The van der Waals surface area contributed by atoms with Crippen LogP contribution in [0.2, 0.25) is 0 Å². The van der Waals surface area contributed by atoms with Crippen molar-refractivity contribution in [1.82, 2.24) is 19.7 Å². The Bertz CT molecular complexity index is 1160. The van der Waals surface area contributed by atoms with Crippen molar-refractivity contribution in [3.05, 3.63) is 108 Å². The van der Waals surface area contributed by atoms with Crippen LogP contribution in [0.25, 0.3) is 0 Å². The van der Waals surface area contributed by atoms with Crippen molar-refractivity contribution in [1.29, 1.82) is 0 Å². The van der Waals surface area contributed by atoms with Gasteiger partial charge in [-0.25, -0.2) is 4.99 Å². The van der Waals surface area contributed by atoms with Crippen LogP contribution in [-0.4, -0.2) is 25.5 Å². The highest BCUT2D eigenvalue weighted by atomic mass is 15.3. The number of nitrogens with zero attached hydrogens (tertiary/aromatic N) is 5. The van der Waals surface area contributed by atoms with Gasteiger partial charge >= 0.3 is 0 Å². The standard InChI is InChI=1S/C26H25N5/c1-19-14-26(15-19,25-30-28-18-31(25)2)22-13-23(17-27-16-22)29-24(20-9-5-3-6-10-20)21-11-7-4-8-12-21/h3-13,16-19H,14-15H2,1-2H3. The topological polar surface area (TPSA) is 56.0 Å². The van der Waals surface area contributed by atoms with Gasteiger partial charge in [0.15, 0.2) is 0 Å². The molecule has 0 saturated heterocycles. The lowest BCUT2D eigenvalue weighted by Gasteiger charge is -2.45. The van der Waals surface area contributed by atoms with Crippen molar-refractivity contribution in [3.63, 3.8) is 0 Å². The summed E-state index contributed by atoms with van der Waals surface area (Å²) in [7, 11) is 2.01. The van der Waals surface area contributed by atoms with Crippen LogP contribution in [0.15, 0.2) is 90.4 Å². The molecule has 31 heavy (non-hydrogen) atoms. The molecular formula is C26H25N5. The zero-order valence-corrected chi connectivity index (χ0v) is 17.8. The third-order valence-corrected chi connectivity index (χ3v) is 6.15. The van der Waals surface area contributed by atoms with Crippen LogP contribution >= 0.6 is 0 Å². The molecule has 1 aliphatic rings. The Hall–Kier alpha value is -3.60. The Morgan fingerprint density at radius 1 is 0.968 bits per heavy atom. The Kier molecular flexibility index (Phi) is 4.94. The molecule has 0 spiro atoms. The van der Waals surface area contributed by atoms with Gasteiger partial charge in [0.2, 0.25) is 0 Å². The number of hydrogen-bond acceptors (Lipinski definition) is 4. The Morgan fingerprint density at radius 2 is 1.61 bits per heavy atom. The lowest BCUT2D eigenvalue weighted by Crippen LogP contribution is -2.43. The van der Waals surface area contributed by atoms with E-state index in [0.717, 1.165) is 46.8 Å². The van der Waals surface area contributed by atoms with E-state index in [4.69, 9.17) is 4.99 Å². The second kappa shape index (κ2) is 7.91. The van der Waals surface area contributed by atoms with Gasteiger partial charge in [-0.3, -0.25) is 4.98 Å². The third-order valence-electron chi connectivity index (χ3n) is 6.15. The van der Waals surface area contributed by atoms with Gasteiger partial charge in [0.1, 0.15) is 12.2 Å². The zero-order valence-electron chi connectivity index (χ0n) is 17.8. The molecular weight excluding hydrogens is 382 g/mol. The molecule has 2 aromatic carbocycles. The van der Waals surface area contributed by atoms with Gasteiger partial charge in [-0.2, -0.15) is 0 Å². The van der Waals surface area contributed by atoms with E-state index in [1.54, 1.807) is 6.33 Å².